The molecule has 120 valence electrons. The van der Waals surface area contributed by atoms with Crippen LogP contribution in [0.25, 0.3) is 0 Å². The van der Waals surface area contributed by atoms with Gasteiger partial charge in [-0.3, -0.25) is 0 Å². The van der Waals surface area contributed by atoms with Gasteiger partial charge < -0.3 is 4.84 Å². The first-order chi connectivity index (χ1) is 10.9. The summed E-state index contributed by atoms with van der Waals surface area (Å²) in [5, 5.41) is 6.36. The lowest BCUT2D eigenvalue weighted by molar-refractivity contribution is -0.00737. The van der Waals surface area contributed by atoms with Gasteiger partial charge in [-0.1, -0.05) is 56.4 Å². The van der Waals surface area contributed by atoms with Crippen LogP contribution < -0.4 is 0 Å². The number of alkyl halides is 1. The van der Waals surface area contributed by atoms with Crippen LogP contribution in [0.4, 0.5) is 0 Å². The number of rotatable bonds is 3. The Morgan fingerprint density at radius 3 is 2.48 bits per heavy atom. The van der Waals surface area contributed by atoms with Crippen molar-refractivity contribution < 1.29 is 4.84 Å². The maximum atomic E-state index is 6.12. The Balaban J connectivity index is 1.88. The Kier molecular flexibility index (Phi) is 4.73. The van der Waals surface area contributed by atoms with E-state index in [1.807, 2.05) is 19.1 Å². The lowest BCUT2D eigenvalue weighted by atomic mass is 9.88. The minimum absolute atomic E-state index is 0.550. The molecule has 5 heteroatoms. The summed E-state index contributed by atoms with van der Waals surface area (Å²) in [6.45, 7) is 4.11. The van der Waals surface area contributed by atoms with Crippen LogP contribution in [0.3, 0.4) is 0 Å². The van der Waals surface area contributed by atoms with E-state index in [9.17, 15) is 0 Å². The topological polar surface area (TPSA) is 21.6 Å². The first kappa shape index (κ1) is 16.8. The summed E-state index contributed by atoms with van der Waals surface area (Å²) in [5.41, 5.74) is 4.92. The van der Waals surface area contributed by atoms with Crippen LogP contribution >= 0.6 is 39.1 Å². The second kappa shape index (κ2) is 6.46. The average Bonchev–Trinajstić information content (AvgIpc) is 2.90. The average molecular weight is 413 g/mol. The highest BCUT2D eigenvalue weighted by atomic mass is 79.9. The van der Waals surface area contributed by atoms with Crippen LogP contribution in [0.2, 0.25) is 10.0 Å². The largest absolute Gasteiger partial charge is 0.384 e. The van der Waals surface area contributed by atoms with Crippen molar-refractivity contribution in [1.82, 2.24) is 0 Å². The molecule has 0 N–H and O–H groups in total. The van der Waals surface area contributed by atoms with Gasteiger partial charge in [-0.25, -0.2) is 0 Å². The van der Waals surface area contributed by atoms with E-state index in [-0.39, 0.29) is 0 Å². The molecule has 0 aliphatic carbocycles. The zero-order chi connectivity index (χ0) is 16.6. The van der Waals surface area contributed by atoms with E-state index in [4.69, 9.17) is 28.0 Å². The Labute approximate surface area is 154 Å². The summed E-state index contributed by atoms with van der Waals surface area (Å²) in [7, 11) is 0. The first-order valence-corrected chi connectivity index (χ1v) is 9.16. The Morgan fingerprint density at radius 2 is 1.87 bits per heavy atom. The number of hydrogen-bond donors (Lipinski definition) is 0. The smallest absolute Gasteiger partial charge is 0.165 e. The van der Waals surface area contributed by atoms with Crippen molar-refractivity contribution >= 4 is 44.8 Å². The third kappa shape index (κ3) is 3.42. The van der Waals surface area contributed by atoms with Gasteiger partial charge in [0.2, 0.25) is 0 Å². The highest BCUT2D eigenvalue weighted by Gasteiger charge is 2.37. The van der Waals surface area contributed by atoms with Gasteiger partial charge in [0.25, 0.3) is 0 Å². The summed E-state index contributed by atoms with van der Waals surface area (Å²) in [6.07, 6.45) is 0.677. The van der Waals surface area contributed by atoms with E-state index in [1.54, 1.807) is 6.07 Å². The molecular formula is C18H16BrCl2NO. The molecule has 0 aromatic heterocycles. The molecule has 0 spiro atoms. The summed E-state index contributed by atoms with van der Waals surface area (Å²) >= 11 is 15.7. The third-order valence-electron chi connectivity index (χ3n) is 4.16. The van der Waals surface area contributed by atoms with Crippen LogP contribution in [-0.2, 0) is 15.8 Å². The zero-order valence-electron chi connectivity index (χ0n) is 12.9. The molecule has 0 amide bonds. The quantitative estimate of drug-likeness (QED) is 0.547. The molecule has 0 saturated heterocycles. The minimum Gasteiger partial charge on any atom is -0.384 e. The molecule has 23 heavy (non-hydrogen) atoms. The van der Waals surface area contributed by atoms with E-state index in [0.717, 1.165) is 22.2 Å². The fraction of sp³-hybridized carbons (Fsp3) is 0.278. The van der Waals surface area contributed by atoms with Crippen LogP contribution in [0, 0.1) is 6.92 Å². The van der Waals surface area contributed by atoms with Crippen molar-refractivity contribution in [3.63, 3.8) is 0 Å². The number of hydrogen-bond acceptors (Lipinski definition) is 2. The molecule has 0 fully saturated rings. The molecule has 0 bridgehead atoms. The molecule has 1 aliphatic heterocycles. The van der Waals surface area contributed by atoms with E-state index in [0.29, 0.717) is 16.5 Å². The van der Waals surface area contributed by atoms with E-state index < -0.39 is 5.60 Å². The van der Waals surface area contributed by atoms with Gasteiger partial charge in [-0.2, -0.15) is 0 Å². The molecule has 1 unspecified atom stereocenters. The highest BCUT2D eigenvalue weighted by molar-refractivity contribution is 9.08. The summed E-state index contributed by atoms with van der Waals surface area (Å²) < 4.78 is 0. The second-order valence-electron chi connectivity index (χ2n) is 5.97. The van der Waals surface area contributed by atoms with Crippen molar-refractivity contribution in [3.8, 4) is 0 Å². The van der Waals surface area contributed by atoms with E-state index in [2.05, 4.69) is 46.2 Å². The van der Waals surface area contributed by atoms with Crippen LogP contribution in [0.5, 0.6) is 0 Å². The summed E-state index contributed by atoms with van der Waals surface area (Å²) in [5.74, 6) is 0. The fourth-order valence-corrected chi connectivity index (χ4v) is 3.89. The van der Waals surface area contributed by atoms with Crippen molar-refractivity contribution in [2.75, 3.05) is 0 Å². The number of halogens is 3. The van der Waals surface area contributed by atoms with Gasteiger partial charge in [0, 0.05) is 27.4 Å². The summed E-state index contributed by atoms with van der Waals surface area (Å²) in [4.78, 5) is 5.76. The van der Waals surface area contributed by atoms with Crippen LogP contribution in [0.1, 0.15) is 35.6 Å². The Bertz CT molecular complexity index is 770. The normalized spacial score (nSPS) is 20.3. The number of benzene rings is 2. The third-order valence-corrected chi connectivity index (χ3v) is 5.20. The van der Waals surface area contributed by atoms with Crippen molar-refractivity contribution in [2.24, 2.45) is 5.16 Å². The Morgan fingerprint density at radius 1 is 1.17 bits per heavy atom. The van der Waals surface area contributed by atoms with Crippen molar-refractivity contribution in [2.45, 2.75) is 31.2 Å². The Hall–Kier alpha value is -1.03. The fourth-order valence-electron chi connectivity index (χ4n) is 2.73. The molecular weight excluding hydrogens is 397 g/mol. The monoisotopic (exact) mass is 411 g/mol. The van der Waals surface area contributed by atoms with Gasteiger partial charge in [-0.15, -0.1) is 0 Å². The van der Waals surface area contributed by atoms with Gasteiger partial charge >= 0.3 is 0 Å². The van der Waals surface area contributed by atoms with Gasteiger partial charge in [0.1, 0.15) is 0 Å². The van der Waals surface area contributed by atoms with Crippen LogP contribution in [0.15, 0.2) is 41.6 Å². The van der Waals surface area contributed by atoms with Gasteiger partial charge in [0.05, 0.1) is 5.71 Å². The maximum absolute atomic E-state index is 6.12. The van der Waals surface area contributed by atoms with Gasteiger partial charge in [-0.05, 0) is 54.8 Å². The molecule has 1 atom stereocenters. The molecule has 2 aromatic carbocycles. The first-order valence-electron chi connectivity index (χ1n) is 7.29. The predicted octanol–water partition coefficient (Wildman–Crippen LogP) is 6.24. The SMILES string of the molecule is Cc1cc(C2=NOC(C)(c3cc(Cl)cc(Cl)c3)C2)ccc1CBr. The van der Waals surface area contributed by atoms with E-state index >= 15 is 0 Å². The maximum Gasteiger partial charge on any atom is 0.165 e. The molecule has 0 saturated carbocycles. The van der Waals surface area contributed by atoms with Crippen LogP contribution in [-0.4, -0.2) is 5.71 Å². The van der Waals surface area contributed by atoms with E-state index in [1.165, 1.54) is 11.1 Å². The minimum atomic E-state index is -0.550. The standard InChI is InChI=1S/C18H16BrCl2NO/c1-11-5-12(3-4-13(11)10-19)17-9-18(2,23-22-17)14-6-15(20)8-16(21)7-14/h3-8H,9-10H2,1-2H3. The zero-order valence-corrected chi connectivity index (χ0v) is 16.0. The molecule has 2 nitrogen and oxygen atoms in total. The number of aryl methyl sites for hydroxylation is 1. The predicted molar refractivity (Wildman–Crippen MR) is 99.9 cm³/mol. The molecule has 1 aliphatic rings. The highest BCUT2D eigenvalue weighted by Crippen LogP contribution is 2.38. The number of nitrogens with zero attached hydrogens (tertiary/aromatic N) is 1. The van der Waals surface area contributed by atoms with Gasteiger partial charge in [0.15, 0.2) is 5.60 Å². The molecule has 2 aromatic rings. The molecule has 0 radical (unpaired) electrons. The van der Waals surface area contributed by atoms with Crippen molar-refractivity contribution in [1.29, 1.82) is 0 Å². The molecule has 3 rings (SSSR count). The van der Waals surface area contributed by atoms with Crippen molar-refractivity contribution in [3.05, 3.63) is 68.7 Å². The second-order valence-corrected chi connectivity index (χ2v) is 7.40. The number of oxime groups is 1. The molecule has 1 heterocycles. The summed E-state index contributed by atoms with van der Waals surface area (Å²) in [6, 6.07) is 11.8. The lowest BCUT2D eigenvalue weighted by Gasteiger charge is -2.22. The lowest BCUT2D eigenvalue weighted by Crippen LogP contribution is -2.22.